The minimum atomic E-state index is 0.0322. The van der Waals surface area contributed by atoms with Crippen molar-refractivity contribution in [3.63, 3.8) is 0 Å². The number of aryl methyl sites for hydroxylation is 1. The molecular weight excluding hydrogens is 280 g/mol. The molecule has 0 aliphatic heterocycles. The number of nitrogens with one attached hydrogen (secondary N) is 2. The first-order valence-electron chi connectivity index (χ1n) is 5.82. The number of carbonyl (C=O) groups is 1. The largest absolute Gasteiger partial charge is 0.325 e. The van der Waals surface area contributed by atoms with Crippen molar-refractivity contribution in [3.05, 3.63) is 28.2 Å². The smallest absolute Gasteiger partial charge is 0.225 e. The second-order valence-electron chi connectivity index (χ2n) is 4.19. The van der Waals surface area contributed by atoms with E-state index in [4.69, 9.17) is 0 Å². The van der Waals surface area contributed by atoms with Gasteiger partial charge >= 0.3 is 0 Å². The molecule has 1 atom stereocenters. The second-order valence-corrected chi connectivity index (χ2v) is 5.05. The zero-order chi connectivity index (χ0) is 12.8. The Labute approximate surface area is 111 Å². The number of hydrogen-bond acceptors (Lipinski definition) is 2. The maximum Gasteiger partial charge on any atom is 0.225 e. The van der Waals surface area contributed by atoms with Crippen molar-refractivity contribution < 1.29 is 4.79 Å². The van der Waals surface area contributed by atoms with E-state index < -0.39 is 0 Å². The first kappa shape index (κ1) is 14.2. The maximum atomic E-state index is 11.8. The Morgan fingerprint density at radius 3 is 2.82 bits per heavy atom. The quantitative estimate of drug-likeness (QED) is 0.877. The van der Waals surface area contributed by atoms with E-state index in [9.17, 15) is 4.79 Å². The highest BCUT2D eigenvalue weighted by Crippen LogP contribution is 2.23. The average molecular weight is 299 g/mol. The van der Waals surface area contributed by atoms with Gasteiger partial charge < -0.3 is 10.6 Å². The monoisotopic (exact) mass is 298 g/mol. The number of anilines is 1. The Kier molecular flexibility index (Phi) is 5.65. The molecule has 17 heavy (non-hydrogen) atoms. The third kappa shape index (κ3) is 4.88. The van der Waals surface area contributed by atoms with Crippen LogP contribution in [-0.4, -0.2) is 18.5 Å². The summed E-state index contributed by atoms with van der Waals surface area (Å²) in [5.74, 6) is 0.0322. The normalized spacial score (nSPS) is 12.2. The van der Waals surface area contributed by atoms with E-state index in [0.29, 0.717) is 6.42 Å². The van der Waals surface area contributed by atoms with Gasteiger partial charge in [0.1, 0.15) is 0 Å². The van der Waals surface area contributed by atoms with Gasteiger partial charge in [0.05, 0.1) is 5.69 Å². The minimum absolute atomic E-state index is 0.0322. The molecule has 1 amide bonds. The summed E-state index contributed by atoms with van der Waals surface area (Å²) in [6.45, 7) is 6.92. The fourth-order valence-corrected chi connectivity index (χ4v) is 1.98. The molecule has 94 valence electrons. The molecule has 1 aromatic rings. The fraction of sp³-hybridized carbons (Fsp3) is 0.462. The average Bonchev–Trinajstić information content (AvgIpc) is 2.23. The number of halogens is 1. The van der Waals surface area contributed by atoms with Gasteiger partial charge in [-0.15, -0.1) is 0 Å². The van der Waals surface area contributed by atoms with E-state index in [1.165, 1.54) is 0 Å². The van der Waals surface area contributed by atoms with Gasteiger partial charge in [-0.3, -0.25) is 4.79 Å². The third-order valence-corrected chi connectivity index (χ3v) is 3.13. The third-order valence-electron chi connectivity index (χ3n) is 2.44. The predicted molar refractivity (Wildman–Crippen MR) is 75.3 cm³/mol. The van der Waals surface area contributed by atoms with Crippen molar-refractivity contribution in [3.8, 4) is 0 Å². The van der Waals surface area contributed by atoms with E-state index in [2.05, 4.69) is 26.6 Å². The van der Waals surface area contributed by atoms with Crippen LogP contribution in [0.3, 0.4) is 0 Å². The summed E-state index contributed by atoms with van der Waals surface area (Å²) in [6.07, 6.45) is 0.480. The molecule has 0 spiro atoms. The molecule has 0 aliphatic carbocycles. The highest BCUT2D eigenvalue weighted by Gasteiger charge is 2.09. The molecule has 0 radical (unpaired) electrons. The fourth-order valence-electron chi connectivity index (χ4n) is 1.63. The Balaban J connectivity index is 2.58. The number of hydrogen-bond donors (Lipinski definition) is 2. The van der Waals surface area contributed by atoms with Crippen LogP contribution in [0.1, 0.15) is 25.8 Å². The molecule has 0 saturated heterocycles. The highest BCUT2D eigenvalue weighted by molar-refractivity contribution is 9.10. The molecule has 1 rings (SSSR count). The predicted octanol–water partition coefficient (Wildman–Crippen LogP) is 3.08. The van der Waals surface area contributed by atoms with Gasteiger partial charge in [0.15, 0.2) is 0 Å². The minimum Gasteiger partial charge on any atom is -0.325 e. The molecular formula is C13H19BrN2O. The zero-order valence-electron chi connectivity index (χ0n) is 10.5. The van der Waals surface area contributed by atoms with E-state index in [0.717, 1.165) is 22.3 Å². The highest BCUT2D eigenvalue weighted by atomic mass is 79.9. The first-order valence-corrected chi connectivity index (χ1v) is 6.61. The molecule has 1 unspecified atom stereocenters. The SMILES string of the molecule is CCNC(C)CC(=O)Nc1cc(C)ccc1Br. The summed E-state index contributed by atoms with van der Waals surface area (Å²) in [7, 11) is 0. The van der Waals surface area contributed by atoms with E-state index in [1.54, 1.807) is 0 Å². The molecule has 0 fully saturated rings. The summed E-state index contributed by atoms with van der Waals surface area (Å²) in [6, 6.07) is 6.10. The van der Waals surface area contributed by atoms with Crippen molar-refractivity contribution in [2.75, 3.05) is 11.9 Å². The number of carbonyl (C=O) groups excluding carboxylic acids is 1. The van der Waals surface area contributed by atoms with Crippen molar-refractivity contribution in [1.29, 1.82) is 0 Å². The van der Waals surface area contributed by atoms with Crippen LogP contribution in [0, 0.1) is 6.92 Å². The molecule has 0 heterocycles. The van der Waals surface area contributed by atoms with Gasteiger partial charge in [-0.1, -0.05) is 13.0 Å². The lowest BCUT2D eigenvalue weighted by Gasteiger charge is -2.13. The molecule has 0 aromatic heterocycles. The van der Waals surface area contributed by atoms with E-state index in [-0.39, 0.29) is 11.9 Å². The van der Waals surface area contributed by atoms with Gasteiger partial charge in [0, 0.05) is 16.9 Å². The molecule has 0 aliphatic rings. The van der Waals surface area contributed by atoms with Crippen LogP contribution in [0.5, 0.6) is 0 Å². The zero-order valence-corrected chi connectivity index (χ0v) is 12.1. The van der Waals surface area contributed by atoms with Gasteiger partial charge in [-0.2, -0.15) is 0 Å². The van der Waals surface area contributed by atoms with Crippen molar-refractivity contribution in [1.82, 2.24) is 5.32 Å². The lowest BCUT2D eigenvalue weighted by Crippen LogP contribution is -2.30. The summed E-state index contributed by atoms with van der Waals surface area (Å²) < 4.78 is 0.910. The van der Waals surface area contributed by atoms with Gasteiger partial charge in [-0.05, 0) is 54.0 Å². The molecule has 1 aromatic carbocycles. The standard InChI is InChI=1S/C13H19BrN2O/c1-4-15-10(3)8-13(17)16-12-7-9(2)5-6-11(12)14/h5-7,10,15H,4,8H2,1-3H3,(H,16,17). The van der Waals surface area contributed by atoms with Crippen LogP contribution in [0.4, 0.5) is 5.69 Å². The summed E-state index contributed by atoms with van der Waals surface area (Å²) in [5.41, 5.74) is 1.96. The van der Waals surface area contributed by atoms with Crippen molar-refractivity contribution >= 4 is 27.5 Å². The van der Waals surface area contributed by atoms with Crippen LogP contribution >= 0.6 is 15.9 Å². The van der Waals surface area contributed by atoms with Crippen molar-refractivity contribution in [2.45, 2.75) is 33.2 Å². The number of rotatable bonds is 5. The van der Waals surface area contributed by atoms with Gasteiger partial charge in [-0.25, -0.2) is 0 Å². The Hall–Kier alpha value is -0.870. The van der Waals surface area contributed by atoms with Crippen LogP contribution in [0.25, 0.3) is 0 Å². The number of amides is 1. The topological polar surface area (TPSA) is 41.1 Å². The Morgan fingerprint density at radius 2 is 2.18 bits per heavy atom. The lowest BCUT2D eigenvalue weighted by molar-refractivity contribution is -0.116. The Morgan fingerprint density at radius 1 is 1.47 bits per heavy atom. The molecule has 0 saturated carbocycles. The van der Waals surface area contributed by atoms with Crippen LogP contribution in [-0.2, 0) is 4.79 Å². The first-order chi connectivity index (χ1) is 8.02. The van der Waals surface area contributed by atoms with Crippen LogP contribution in [0.15, 0.2) is 22.7 Å². The van der Waals surface area contributed by atoms with Gasteiger partial charge in [0.25, 0.3) is 0 Å². The lowest BCUT2D eigenvalue weighted by atomic mass is 10.2. The second kappa shape index (κ2) is 6.77. The van der Waals surface area contributed by atoms with Crippen LogP contribution in [0.2, 0.25) is 0 Å². The molecule has 2 N–H and O–H groups in total. The molecule has 4 heteroatoms. The Bertz CT molecular complexity index is 393. The summed E-state index contributed by atoms with van der Waals surface area (Å²) >= 11 is 3.43. The van der Waals surface area contributed by atoms with Crippen molar-refractivity contribution in [2.24, 2.45) is 0 Å². The summed E-state index contributed by atoms with van der Waals surface area (Å²) in [4.78, 5) is 11.8. The maximum absolute atomic E-state index is 11.8. The molecule has 0 bridgehead atoms. The molecule has 3 nitrogen and oxygen atoms in total. The van der Waals surface area contributed by atoms with Gasteiger partial charge in [0.2, 0.25) is 5.91 Å². The van der Waals surface area contributed by atoms with Crippen LogP contribution < -0.4 is 10.6 Å². The van der Waals surface area contributed by atoms with E-state index in [1.807, 2.05) is 39.0 Å². The number of benzene rings is 1. The van der Waals surface area contributed by atoms with E-state index >= 15 is 0 Å². The summed E-state index contributed by atoms with van der Waals surface area (Å²) in [5, 5.41) is 6.13.